The summed E-state index contributed by atoms with van der Waals surface area (Å²) in [5.41, 5.74) is -1.17. The molecule has 8 heterocycles. The lowest BCUT2D eigenvalue weighted by Crippen LogP contribution is -2.50. The lowest BCUT2D eigenvalue weighted by molar-refractivity contribution is -0.0841. The average Bonchev–Trinajstić information content (AvgIpc) is 3.96. The molecule has 6 aliphatic rings. The number of hydrogen-bond donors (Lipinski definition) is 0. The Labute approximate surface area is 350 Å². The molecule has 2 aromatic heterocycles. The minimum Gasteiger partial charge on any atom is -0.444 e. The molecule has 6 fully saturated rings. The first-order valence-corrected chi connectivity index (χ1v) is 22.8. The Kier molecular flexibility index (Phi) is 11.0. The zero-order valence-corrected chi connectivity index (χ0v) is 36.3. The van der Waals surface area contributed by atoms with Gasteiger partial charge in [-0.2, -0.15) is 18.5 Å². The number of rotatable bonds is 8. The van der Waals surface area contributed by atoms with Crippen molar-refractivity contribution in [1.29, 1.82) is 0 Å². The molecule has 25 heteroatoms. The number of fused-ring (bicyclic) bond motifs is 4. The number of ether oxygens (including phenoxy) is 2. The van der Waals surface area contributed by atoms with Crippen LogP contribution in [0.2, 0.25) is 0 Å². The van der Waals surface area contributed by atoms with Gasteiger partial charge in [0.2, 0.25) is 10.3 Å². The maximum atomic E-state index is 13.6. The number of piperidine rings is 2. The van der Waals surface area contributed by atoms with Crippen molar-refractivity contribution in [2.45, 2.75) is 103 Å². The first-order valence-electron chi connectivity index (χ1n) is 19.8. The largest absolute Gasteiger partial charge is 0.444 e. The normalized spacial score (nSPS) is 25.4. The van der Waals surface area contributed by atoms with E-state index in [0.29, 0.717) is 98.3 Å². The number of hydrogen-bond acceptors (Lipinski definition) is 18. The molecule has 4 atom stereocenters. The summed E-state index contributed by atoms with van der Waals surface area (Å²) in [6, 6.07) is -3.28. The molecule has 2 aromatic rings. The highest BCUT2D eigenvalue weighted by molar-refractivity contribution is 7.81. The van der Waals surface area contributed by atoms with Gasteiger partial charge in [-0.3, -0.25) is 0 Å². The fourth-order valence-corrected chi connectivity index (χ4v) is 10.9. The Morgan fingerprint density at radius 2 is 0.966 bits per heavy atom. The van der Waals surface area contributed by atoms with E-state index in [9.17, 15) is 27.6 Å². The van der Waals surface area contributed by atoms with Crippen LogP contribution in [0, 0.1) is 0 Å². The predicted octanol–water partition coefficient (Wildman–Crippen LogP) is 3.19. The van der Waals surface area contributed by atoms with Crippen LogP contribution in [0.3, 0.4) is 0 Å². The van der Waals surface area contributed by atoms with Crippen LogP contribution >= 0.6 is 22.7 Å². The smallest absolute Gasteiger partial charge is 0.442 e. The van der Waals surface area contributed by atoms with Crippen molar-refractivity contribution in [3.8, 4) is 0 Å². The van der Waals surface area contributed by atoms with Crippen LogP contribution in [-0.2, 0) is 28.4 Å². The number of carbonyl (C=O) groups excluding carboxylic acids is 4. The zero-order chi connectivity index (χ0) is 42.0. The van der Waals surface area contributed by atoms with Gasteiger partial charge in [0.25, 0.3) is 0 Å². The number of nitrogens with zero attached hydrogens (tertiary/aromatic N) is 12. The fraction of sp³-hybridized carbons (Fsp3) is 0.765. The molecule has 6 amide bonds. The number of hydroxylamine groups is 4. The predicted molar refractivity (Wildman–Crippen MR) is 210 cm³/mol. The van der Waals surface area contributed by atoms with Crippen molar-refractivity contribution >= 4 is 67.6 Å². The molecule has 0 unspecified atom stereocenters. The third-order valence-corrected chi connectivity index (χ3v) is 13.7. The third-order valence-electron chi connectivity index (χ3n) is 10.8. The van der Waals surface area contributed by atoms with Crippen LogP contribution in [-0.4, -0.2) is 172 Å². The van der Waals surface area contributed by atoms with Gasteiger partial charge in [-0.15, -0.1) is 29.0 Å². The summed E-state index contributed by atoms with van der Waals surface area (Å²) in [6.45, 7) is 15.4. The zero-order valence-electron chi connectivity index (χ0n) is 33.9. The van der Waals surface area contributed by atoms with Crippen LogP contribution in [0.1, 0.15) is 89.3 Å². The SMILES string of the molecule is CC(C)(C)OC(=O)N1CCN(c2nnc([C@@H]3CC[C@@H]4CN3C(=O)N4OS(=O)(=O)ON3C(=O)N4C[C@H]3CC[C@H]4c3nnc(N4CCN(C(=O)OC(C)(C)C)CC4)s3)s2)CC1. The second-order valence-electron chi connectivity index (χ2n) is 17.3. The number of amides is 6. The van der Waals surface area contributed by atoms with Gasteiger partial charge in [0.1, 0.15) is 21.2 Å². The first-order chi connectivity index (χ1) is 27.8. The van der Waals surface area contributed by atoms with Gasteiger partial charge < -0.3 is 38.9 Å². The van der Waals surface area contributed by atoms with Crippen LogP contribution in [0.15, 0.2) is 0 Å². The minimum atomic E-state index is -4.90. The molecule has 8 rings (SSSR count). The topological polar surface area (TPSA) is 217 Å². The highest BCUT2D eigenvalue weighted by Gasteiger charge is 2.52. The van der Waals surface area contributed by atoms with Crippen LogP contribution in [0.25, 0.3) is 0 Å². The Bertz CT molecular complexity index is 1900. The standard InChI is InChI=1S/C34H50N12O10S3/c1-33(2,3)53-31(49)41-15-11-39(12-16-41)27-37-35-25(57-27)23-9-7-21-19-43(23)29(47)45(21)55-59(51,52)56-46-22-8-10-24(44(20-22)30(46)48)26-36-38-28(58-26)40-13-17-42(18-14-40)32(50)54-34(4,5)6/h21-24H,7-20H2,1-6H3/t21-,22-,23+,24+/m1/s1. The molecule has 324 valence electrons. The maximum Gasteiger partial charge on any atom is 0.442 e. The molecular formula is C34H50N12O10S3. The molecule has 0 radical (unpaired) electrons. The van der Waals surface area contributed by atoms with Crippen LogP contribution in [0.4, 0.5) is 29.4 Å². The molecule has 22 nitrogen and oxygen atoms in total. The number of aromatic nitrogens is 4. The Balaban J connectivity index is 0.838. The van der Waals surface area contributed by atoms with E-state index in [1.807, 2.05) is 51.3 Å². The van der Waals surface area contributed by atoms with Gasteiger partial charge in [0.05, 0.1) is 24.2 Å². The van der Waals surface area contributed by atoms with E-state index in [0.717, 1.165) is 10.1 Å². The maximum absolute atomic E-state index is 13.6. The Morgan fingerprint density at radius 1 is 0.593 bits per heavy atom. The Hall–Kier alpha value is -4.33. The van der Waals surface area contributed by atoms with Gasteiger partial charge in [-0.1, -0.05) is 22.7 Å². The average molecular weight is 883 g/mol. The lowest BCUT2D eigenvalue weighted by atomic mass is 10.0. The summed E-state index contributed by atoms with van der Waals surface area (Å²) in [5, 5.41) is 21.8. The molecule has 6 aliphatic heterocycles. The lowest BCUT2D eigenvalue weighted by Gasteiger charge is -2.35. The summed E-state index contributed by atoms with van der Waals surface area (Å²) in [5.74, 6) is 0. The summed E-state index contributed by atoms with van der Waals surface area (Å²) < 4.78 is 48.3. The number of carbonyl (C=O) groups is 4. The van der Waals surface area contributed by atoms with E-state index in [1.54, 1.807) is 9.80 Å². The van der Waals surface area contributed by atoms with Crippen molar-refractivity contribution in [2.24, 2.45) is 0 Å². The number of piperazine rings is 2. The Morgan fingerprint density at radius 3 is 1.32 bits per heavy atom. The highest BCUT2D eigenvalue weighted by Crippen LogP contribution is 2.43. The molecule has 0 spiro atoms. The molecule has 59 heavy (non-hydrogen) atoms. The fourth-order valence-electron chi connectivity index (χ4n) is 7.98. The van der Waals surface area contributed by atoms with Crippen molar-refractivity contribution in [3.05, 3.63) is 10.0 Å². The molecule has 0 saturated carbocycles. The molecule has 0 N–H and O–H groups in total. The van der Waals surface area contributed by atoms with Gasteiger partial charge in [-0.05, 0) is 67.2 Å². The second kappa shape index (κ2) is 15.6. The van der Waals surface area contributed by atoms with Crippen molar-refractivity contribution in [1.82, 2.24) is 50.1 Å². The van der Waals surface area contributed by atoms with Gasteiger partial charge in [0, 0.05) is 65.4 Å². The monoisotopic (exact) mass is 882 g/mol. The van der Waals surface area contributed by atoms with Crippen molar-refractivity contribution in [2.75, 3.05) is 75.2 Å². The summed E-state index contributed by atoms with van der Waals surface area (Å²) in [4.78, 5) is 62.7. The quantitative estimate of drug-likeness (QED) is 0.372. The minimum absolute atomic E-state index is 0.215. The number of anilines is 2. The second-order valence-corrected chi connectivity index (χ2v) is 20.4. The first kappa shape index (κ1) is 41.4. The van der Waals surface area contributed by atoms with E-state index in [1.165, 1.54) is 32.5 Å². The van der Waals surface area contributed by atoms with Crippen molar-refractivity contribution in [3.63, 3.8) is 0 Å². The molecular weight excluding hydrogens is 833 g/mol. The van der Waals surface area contributed by atoms with Gasteiger partial charge in [0.15, 0.2) is 0 Å². The molecule has 4 bridgehead atoms. The molecule has 0 aliphatic carbocycles. The van der Waals surface area contributed by atoms with E-state index in [2.05, 4.69) is 20.4 Å². The summed E-state index contributed by atoms with van der Waals surface area (Å²) in [7, 11) is -4.90. The van der Waals surface area contributed by atoms with E-state index in [4.69, 9.17) is 18.0 Å². The highest BCUT2D eigenvalue weighted by atomic mass is 32.3. The number of urea groups is 2. The third kappa shape index (κ3) is 8.79. The van der Waals surface area contributed by atoms with Crippen molar-refractivity contribution < 1.29 is 45.6 Å². The summed E-state index contributed by atoms with van der Waals surface area (Å²) >= 11 is 2.71. The van der Waals surface area contributed by atoms with E-state index < -0.39 is 57.8 Å². The molecule has 6 saturated heterocycles. The van der Waals surface area contributed by atoms with Gasteiger partial charge >= 0.3 is 34.6 Å². The summed E-state index contributed by atoms with van der Waals surface area (Å²) in [6.07, 6.45) is 1.19. The van der Waals surface area contributed by atoms with E-state index >= 15 is 0 Å². The van der Waals surface area contributed by atoms with Crippen LogP contribution < -0.4 is 9.80 Å². The molecule has 0 aromatic carbocycles. The van der Waals surface area contributed by atoms with Crippen LogP contribution in [0.5, 0.6) is 0 Å². The van der Waals surface area contributed by atoms with Gasteiger partial charge in [-0.25, -0.2) is 19.2 Å². The van der Waals surface area contributed by atoms with E-state index in [-0.39, 0.29) is 25.3 Å².